The van der Waals surface area contributed by atoms with Gasteiger partial charge in [0.25, 0.3) is 0 Å². The van der Waals surface area contributed by atoms with Gasteiger partial charge in [0.1, 0.15) is 11.5 Å². The highest BCUT2D eigenvalue weighted by Crippen LogP contribution is 2.31. The maximum absolute atomic E-state index is 12.7. The fourth-order valence-electron chi connectivity index (χ4n) is 3.33. The number of aromatic amines is 1. The molecule has 1 heterocycles. The molecule has 2 aromatic rings. The summed E-state index contributed by atoms with van der Waals surface area (Å²) in [5.41, 5.74) is 1.45. The molecular formula is C19H22N2O4. The van der Waals surface area contributed by atoms with Gasteiger partial charge in [0, 0.05) is 29.2 Å². The molecule has 0 saturated heterocycles. The number of ketones is 1. The molecule has 6 heteroatoms. The van der Waals surface area contributed by atoms with Crippen LogP contribution >= 0.6 is 0 Å². The van der Waals surface area contributed by atoms with Gasteiger partial charge in [-0.15, -0.1) is 0 Å². The Labute approximate surface area is 145 Å². The van der Waals surface area contributed by atoms with Crippen molar-refractivity contribution >= 4 is 34.3 Å². The van der Waals surface area contributed by atoms with Crippen LogP contribution in [0.15, 0.2) is 24.3 Å². The first kappa shape index (κ1) is 17.2. The normalized spacial score (nSPS) is 20.5. The summed E-state index contributed by atoms with van der Waals surface area (Å²) >= 11 is 0. The first-order chi connectivity index (χ1) is 12.0. The number of carbonyl (C=O) groups is 3. The van der Waals surface area contributed by atoms with Crippen LogP contribution in [0.4, 0.5) is 5.69 Å². The number of fused-ring (bicyclic) bond motifs is 1. The molecular weight excluding hydrogens is 320 g/mol. The standard InChI is InChI=1S/C19H22N2O4/c1-3-25-19(24)17-16(13-6-4-5-7-14(13)20-17)21-18(23)12-8-9-15(22)11(2)10-12/h4-7,11-12,20H,3,8-10H2,1-2H3,(H,21,23). The topological polar surface area (TPSA) is 88.3 Å². The van der Waals surface area contributed by atoms with Crippen molar-refractivity contribution in [2.45, 2.75) is 33.1 Å². The van der Waals surface area contributed by atoms with E-state index in [-0.39, 0.29) is 35.8 Å². The molecule has 0 aliphatic heterocycles. The van der Waals surface area contributed by atoms with E-state index >= 15 is 0 Å². The van der Waals surface area contributed by atoms with Crippen LogP contribution in [0.3, 0.4) is 0 Å². The Bertz CT molecular complexity index is 824. The number of ether oxygens (including phenoxy) is 1. The van der Waals surface area contributed by atoms with Crippen molar-refractivity contribution in [3.05, 3.63) is 30.0 Å². The third-order valence-electron chi connectivity index (χ3n) is 4.73. The van der Waals surface area contributed by atoms with E-state index in [1.54, 1.807) is 6.92 Å². The van der Waals surface area contributed by atoms with E-state index in [1.165, 1.54) is 0 Å². The number of benzene rings is 1. The number of H-pyrrole nitrogens is 1. The molecule has 2 N–H and O–H groups in total. The van der Waals surface area contributed by atoms with Gasteiger partial charge < -0.3 is 15.0 Å². The molecule has 0 spiro atoms. The van der Waals surface area contributed by atoms with Gasteiger partial charge in [-0.2, -0.15) is 0 Å². The van der Waals surface area contributed by atoms with E-state index in [0.29, 0.717) is 24.9 Å². The average molecular weight is 342 g/mol. The van der Waals surface area contributed by atoms with Crippen molar-refractivity contribution in [2.75, 3.05) is 11.9 Å². The van der Waals surface area contributed by atoms with E-state index in [9.17, 15) is 14.4 Å². The smallest absolute Gasteiger partial charge is 0.356 e. The second kappa shape index (κ2) is 7.09. The number of aromatic nitrogens is 1. The van der Waals surface area contributed by atoms with Crippen molar-refractivity contribution in [1.29, 1.82) is 0 Å². The van der Waals surface area contributed by atoms with Crippen LogP contribution < -0.4 is 5.32 Å². The fraction of sp³-hybridized carbons (Fsp3) is 0.421. The zero-order chi connectivity index (χ0) is 18.0. The van der Waals surface area contributed by atoms with E-state index in [2.05, 4.69) is 10.3 Å². The van der Waals surface area contributed by atoms with Gasteiger partial charge in [-0.1, -0.05) is 25.1 Å². The lowest BCUT2D eigenvalue weighted by Crippen LogP contribution is -2.31. The number of anilines is 1. The molecule has 3 rings (SSSR count). The van der Waals surface area contributed by atoms with Gasteiger partial charge in [-0.3, -0.25) is 9.59 Å². The predicted molar refractivity (Wildman–Crippen MR) is 94.4 cm³/mol. The molecule has 1 fully saturated rings. The summed E-state index contributed by atoms with van der Waals surface area (Å²) in [6, 6.07) is 7.39. The number of rotatable bonds is 4. The summed E-state index contributed by atoms with van der Waals surface area (Å²) in [5, 5.41) is 3.66. The Morgan fingerprint density at radius 2 is 2.08 bits per heavy atom. The lowest BCUT2D eigenvalue weighted by atomic mass is 9.81. The van der Waals surface area contributed by atoms with Crippen LogP contribution in [0.5, 0.6) is 0 Å². The van der Waals surface area contributed by atoms with Gasteiger partial charge >= 0.3 is 5.97 Å². The first-order valence-electron chi connectivity index (χ1n) is 8.62. The third-order valence-corrected chi connectivity index (χ3v) is 4.73. The second-order valence-electron chi connectivity index (χ2n) is 6.47. The highest BCUT2D eigenvalue weighted by Gasteiger charge is 2.31. The molecule has 1 aliphatic carbocycles. The second-order valence-corrected chi connectivity index (χ2v) is 6.47. The summed E-state index contributed by atoms with van der Waals surface area (Å²) in [6.45, 7) is 3.85. The molecule has 1 amide bonds. The van der Waals surface area contributed by atoms with Crippen molar-refractivity contribution in [3.63, 3.8) is 0 Å². The van der Waals surface area contributed by atoms with E-state index in [0.717, 1.165) is 10.9 Å². The number of hydrogen-bond acceptors (Lipinski definition) is 4. The number of Topliss-reactive ketones (excluding diaryl/α,β-unsaturated/α-hetero) is 1. The average Bonchev–Trinajstić information content (AvgIpc) is 2.96. The lowest BCUT2D eigenvalue weighted by Gasteiger charge is -2.24. The summed E-state index contributed by atoms with van der Waals surface area (Å²) in [7, 11) is 0. The van der Waals surface area contributed by atoms with Crippen LogP contribution in [-0.4, -0.2) is 29.3 Å². The molecule has 0 radical (unpaired) electrons. The van der Waals surface area contributed by atoms with Crippen LogP contribution in [-0.2, 0) is 14.3 Å². The Morgan fingerprint density at radius 3 is 2.80 bits per heavy atom. The lowest BCUT2D eigenvalue weighted by molar-refractivity contribution is -0.128. The van der Waals surface area contributed by atoms with E-state index < -0.39 is 5.97 Å². The molecule has 0 bridgehead atoms. The highest BCUT2D eigenvalue weighted by molar-refractivity contribution is 6.11. The van der Waals surface area contributed by atoms with Crippen LogP contribution in [0.2, 0.25) is 0 Å². The molecule has 132 valence electrons. The van der Waals surface area contributed by atoms with Crippen molar-refractivity contribution < 1.29 is 19.1 Å². The van der Waals surface area contributed by atoms with Gasteiger partial charge in [-0.05, 0) is 25.8 Å². The summed E-state index contributed by atoms with van der Waals surface area (Å²) < 4.78 is 5.09. The number of hydrogen-bond donors (Lipinski definition) is 2. The number of para-hydroxylation sites is 1. The Balaban J connectivity index is 1.89. The summed E-state index contributed by atoms with van der Waals surface area (Å²) in [5.74, 6) is -0.771. The van der Waals surface area contributed by atoms with Crippen molar-refractivity contribution in [3.8, 4) is 0 Å². The molecule has 2 atom stereocenters. The minimum atomic E-state index is -0.499. The SMILES string of the molecule is CCOC(=O)c1[nH]c2ccccc2c1NC(=O)C1CCC(=O)C(C)C1. The predicted octanol–water partition coefficient (Wildman–Crippen LogP) is 3.29. The summed E-state index contributed by atoms with van der Waals surface area (Å²) in [6.07, 6.45) is 1.52. The summed E-state index contributed by atoms with van der Waals surface area (Å²) in [4.78, 5) is 39.6. The molecule has 6 nitrogen and oxygen atoms in total. The number of amides is 1. The van der Waals surface area contributed by atoms with Crippen LogP contribution in [0.1, 0.15) is 43.6 Å². The Kier molecular flexibility index (Phi) is 4.88. The molecule has 1 aliphatic rings. The zero-order valence-electron chi connectivity index (χ0n) is 14.4. The fourth-order valence-corrected chi connectivity index (χ4v) is 3.33. The first-order valence-corrected chi connectivity index (χ1v) is 8.62. The van der Waals surface area contributed by atoms with Crippen LogP contribution in [0.25, 0.3) is 10.9 Å². The molecule has 25 heavy (non-hydrogen) atoms. The number of nitrogens with one attached hydrogen (secondary N) is 2. The molecule has 1 aromatic heterocycles. The molecule has 1 saturated carbocycles. The monoisotopic (exact) mass is 342 g/mol. The third kappa shape index (κ3) is 3.43. The zero-order valence-corrected chi connectivity index (χ0v) is 14.4. The van der Waals surface area contributed by atoms with Crippen molar-refractivity contribution in [1.82, 2.24) is 4.98 Å². The number of esters is 1. The number of carbonyl (C=O) groups excluding carboxylic acids is 3. The minimum absolute atomic E-state index is 0.100. The minimum Gasteiger partial charge on any atom is -0.461 e. The highest BCUT2D eigenvalue weighted by atomic mass is 16.5. The van der Waals surface area contributed by atoms with E-state index in [4.69, 9.17) is 4.74 Å². The van der Waals surface area contributed by atoms with Gasteiger partial charge in [0.05, 0.1) is 12.3 Å². The van der Waals surface area contributed by atoms with Gasteiger partial charge in [0.2, 0.25) is 5.91 Å². The maximum atomic E-state index is 12.7. The largest absolute Gasteiger partial charge is 0.461 e. The maximum Gasteiger partial charge on any atom is 0.356 e. The molecule has 1 aromatic carbocycles. The van der Waals surface area contributed by atoms with Crippen LogP contribution in [0, 0.1) is 11.8 Å². The van der Waals surface area contributed by atoms with E-state index in [1.807, 2.05) is 31.2 Å². The Morgan fingerprint density at radius 1 is 1.32 bits per heavy atom. The van der Waals surface area contributed by atoms with Gasteiger partial charge in [-0.25, -0.2) is 4.79 Å². The van der Waals surface area contributed by atoms with Crippen molar-refractivity contribution in [2.24, 2.45) is 11.8 Å². The van der Waals surface area contributed by atoms with Gasteiger partial charge in [0.15, 0.2) is 0 Å². The Hall–Kier alpha value is -2.63. The quantitative estimate of drug-likeness (QED) is 0.835. The molecule has 2 unspecified atom stereocenters.